The molecule has 0 spiro atoms. The third-order valence-electron chi connectivity index (χ3n) is 3.58. The summed E-state index contributed by atoms with van der Waals surface area (Å²) in [5, 5.41) is 0. The smallest absolute Gasteiger partial charge is 0.404 e. The molecule has 36 heavy (non-hydrogen) atoms. The second-order valence-electron chi connectivity index (χ2n) is 6.60. The van der Waals surface area contributed by atoms with Crippen LogP contribution in [0.3, 0.4) is 0 Å². The van der Waals surface area contributed by atoms with E-state index < -0.39 is 35.0 Å². The van der Waals surface area contributed by atoms with Gasteiger partial charge in [-0.05, 0) is 12.1 Å². The molecule has 1 aromatic rings. The lowest BCUT2D eigenvalue weighted by molar-refractivity contribution is 0.153. The van der Waals surface area contributed by atoms with Crippen LogP contribution in [0, 0.1) is 0 Å². The Kier molecular flexibility index (Phi) is 18.4. The van der Waals surface area contributed by atoms with Gasteiger partial charge in [0.2, 0.25) is 0 Å². The van der Waals surface area contributed by atoms with Crippen LogP contribution in [0.1, 0.15) is 25.7 Å². The van der Waals surface area contributed by atoms with Gasteiger partial charge in [-0.3, -0.25) is 18.1 Å². The van der Waals surface area contributed by atoms with E-state index in [0.717, 1.165) is 0 Å². The summed E-state index contributed by atoms with van der Waals surface area (Å²) in [6.45, 7) is -0.510. The predicted octanol–water partition coefficient (Wildman–Crippen LogP) is 9.50. The summed E-state index contributed by atoms with van der Waals surface area (Å²) < 4.78 is 58.3. The summed E-state index contributed by atoms with van der Waals surface area (Å²) >= 11 is 45.5. The summed E-state index contributed by atoms with van der Waals surface area (Å²) in [6.07, 6.45) is 0.633. The first kappa shape index (κ1) is 35.5. The molecular weight excluding hydrogens is 690 g/mol. The van der Waals surface area contributed by atoms with Gasteiger partial charge in [0, 0.05) is 31.7 Å². The van der Waals surface area contributed by atoms with Crippen LogP contribution in [0.15, 0.2) is 24.3 Å². The van der Waals surface area contributed by atoms with Gasteiger partial charge in [0.1, 0.15) is 30.8 Å². The number of phosphoric acid groups is 2. The molecule has 0 aliphatic heterocycles. The molecular formula is C18H24Cl8O8P2. The Morgan fingerprint density at radius 2 is 0.833 bits per heavy atom. The molecule has 0 aromatic heterocycles. The van der Waals surface area contributed by atoms with Gasteiger partial charge >= 0.3 is 15.6 Å². The normalized spacial score (nSPS) is 12.8. The Balaban J connectivity index is 2.98. The van der Waals surface area contributed by atoms with Gasteiger partial charge in [-0.1, -0.05) is 6.07 Å². The third-order valence-corrected chi connectivity index (χ3v) is 8.19. The second-order valence-corrected chi connectivity index (χ2v) is 14.9. The van der Waals surface area contributed by atoms with Crippen molar-refractivity contribution in [2.75, 3.05) is 26.4 Å². The fourth-order valence-corrected chi connectivity index (χ4v) is 5.17. The molecule has 0 saturated carbocycles. The standard InChI is InChI=1S/C18H24Cl8O8P2/c19-15(20)4-8-29-35(27,30-9-5-16(21)22)33-13-2-1-3-14(12-13)34-36(28,31-10-6-17(23)24)32-11-7-18(25)26/h1-3,12,15-18H,4-11H2. The first-order chi connectivity index (χ1) is 16.8. The number of alkyl halides is 8. The Morgan fingerprint density at radius 1 is 0.556 bits per heavy atom. The van der Waals surface area contributed by atoms with Gasteiger partial charge in [0.15, 0.2) is 0 Å². The molecule has 0 radical (unpaired) electrons. The number of rotatable bonds is 20. The molecule has 210 valence electrons. The lowest BCUT2D eigenvalue weighted by atomic mass is 10.3. The van der Waals surface area contributed by atoms with Crippen LogP contribution < -0.4 is 9.05 Å². The van der Waals surface area contributed by atoms with Crippen molar-refractivity contribution in [2.24, 2.45) is 0 Å². The van der Waals surface area contributed by atoms with Gasteiger partial charge in [0.05, 0.1) is 26.4 Å². The number of halogens is 8. The summed E-state index contributed by atoms with van der Waals surface area (Å²) in [5.74, 6) is -0.0146. The average molecular weight is 714 g/mol. The first-order valence-corrected chi connectivity index (χ1v) is 16.6. The minimum absolute atomic E-state index is 0.00728. The Morgan fingerprint density at radius 3 is 1.08 bits per heavy atom. The zero-order chi connectivity index (χ0) is 27.2. The van der Waals surface area contributed by atoms with Gasteiger partial charge in [-0.15, -0.1) is 92.8 Å². The zero-order valence-corrected chi connectivity index (χ0v) is 26.3. The molecule has 0 unspecified atom stereocenters. The highest BCUT2D eigenvalue weighted by Gasteiger charge is 2.32. The minimum atomic E-state index is -4.16. The highest BCUT2D eigenvalue weighted by molar-refractivity contribution is 7.49. The maximum Gasteiger partial charge on any atom is 0.530 e. The van der Waals surface area contributed by atoms with E-state index in [0.29, 0.717) is 0 Å². The zero-order valence-electron chi connectivity index (χ0n) is 18.5. The SMILES string of the molecule is O=P(OCCC(Cl)Cl)(OCCC(Cl)Cl)Oc1cccc(OP(=O)(OCCC(Cl)Cl)OCCC(Cl)Cl)c1. The van der Waals surface area contributed by atoms with Crippen molar-refractivity contribution in [1.29, 1.82) is 0 Å². The van der Waals surface area contributed by atoms with Crippen molar-refractivity contribution >= 4 is 108 Å². The van der Waals surface area contributed by atoms with Gasteiger partial charge < -0.3 is 9.05 Å². The molecule has 0 aliphatic carbocycles. The Labute approximate surface area is 250 Å². The number of phosphoric ester groups is 2. The number of hydrogen-bond donors (Lipinski definition) is 0. The topological polar surface area (TPSA) is 89.5 Å². The van der Waals surface area contributed by atoms with Crippen LogP contribution in [0.4, 0.5) is 0 Å². The van der Waals surface area contributed by atoms with Crippen molar-refractivity contribution in [3.8, 4) is 11.5 Å². The van der Waals surface area contributed by atoms with Crippen LogP contribution in [0.5, 0.6) is 11.5 Å². The Bertz CT molecular complexity index is 750. The van der Waals surface area contributed by atoms with E-state index >= 15 is 0 Å². The van der Waals surface area contributed by atoms with E-state index in [4.69, 9.17) is 120 Å². The van der Waals surface area contributed by atoms with Gasteiger partial charge in [-0.25, -0.2) is 9.13 Å². The fourth-order valence-electron chi connectivity index (χ4n) is 2.04. The van der Waals surface area contributed by atoms with E-state index in [1.807, 2.05) is 0 Å². The van der Waals surface area contributed by atoms with Crippen molar-refractivity contribution in [3.05, 3.63) is 24.3 Å². The van der Waals surface area contributed by atoms with E-state index in [1.165, 1.54) is 24.3 Å². The van der Waals surface area contributed by atoms with Crippen LogP contribution >= 0.6 is 108 Å². The molecule has 0 N–H and O–H groups in total. The maximum absolute atomic E-state index is 13.1. The highest BCUT2D eigenvalue weighted by atomic mass is 35.5. The molecule has 0 bridgehead atoms. The average Bonchev–Trinajstić information content (AvgIpc) is 2.72. The number of hydrogen-bond acceptors (Lipinski definition) is 8. The molecule has 8 nitrogen and oxygen atoms in total. The Hall–Kier alpha value is 1.44. The third kappa shape index (κ3) is 17.2. The molecule has 0 saturated heterocycles. The van der Waals surface area contributed by atoms with E-state index in [1.54, 1.807) is 0 Å². The monoisotopic (exact) mass is 710 g/mol. The van der Waals surface area contributed by atoms with E-state index in [2.05, 4.69) is 0 Å². The van der Waals surface area contributed by atoms with Gasteiger partial charge in [0.25, 0.3) is 0 Å². The minimum Gasteiger partial charge on any atom is -0.404 e. The van der Waals surface area contributed by atoms with E-state index in [9.17, 15) is 9.13 Å². The fraction of sp³-hybridized carbons (Fsp3) is 0.667. The number of benzene rings is 1. The van der Waals surface area contributed by atoms with Crippen molar-refractivity contribution in [3.63, 3.8) is 0 Å². The van der Waals surface area contributed by atoms with Crippen LogP contribution in [0.25, 0.3) is 0 Å². The van der Waals surface area contributed by atoms with Gasteiger partial charge in [-0.2, -0.15) is 0 Å². The molecule has 18 heteroatoms. The highest BCUT2D eigenvalue weighted by Crippen LogP contribution is 2.53. The lowest BCUT2D eigenvalue weighted by Crippen LogP contribution is -2.08. The van der Waals surface area contributed by atoms with Crippen molar-refractivity contribution in [1.82, 2.24) is 0 Å². The second kappa shape index (κ2) is 18.7. The summed E-state index contributed by atoms with van der Waals surface area (Å²) in [4.78, 5) is -3.00. The quantitative estimate of drug-likeness (QED) is 0.0976. The predicted molar refractivity (Wildman–Crippen MR) is 147 cm³/mol. The molecule has 0 aliphatic rings. The largest absolute Gasteiger partial charge is 0.530 e. The molecule has 1 rings (SSSR count). The summed E-state index contributed by atoms with van der Waals surface area (Å²) in [7, 11) is -8.32. The maximum atomic E-state index is 13.1. The first-order valence-electron chi connectivity index (χ1n) is 10.2. The summed E-state index contributed by atoms with van der Waals surface area (Å²) in [5.41, 5.74) is 0. The summed E-state index contributed by atoms with van der Waals surface area (Å²) in [6, 6.07) is 5.62. The lowest BCUT2D eigenvalue weighted by Gasteiger charge is -2.21. The van der Waals surface area contributed by atoms with Crippen molar-refractivity contribution in [2.45, 2.75) is 45.0 Å². The molecule has 0 atom stereocenters. The molecule has 0 heterocycles. The van der Waals surface area contributed by atoms with Crippen LogP contribution in [-0.4, -0.2) is 45.8 Å². The van der Waals surface area contributed by atoms with Crippen molar-refractivity contribution < 1.29 is 36.3 Å². The molecule has 1 aromatic carbocycles. The molecule has 0 amide bonds. The van der Waals surface area contributed by atoms with Crippen LogP contribution in [0.2, 0.25) is 0 Å². The van der Waals surface area contributed by atoms with E-state index in [-0.39, 0.29) is 63.6 Å². The molecule has 0 fully saturated rings. The van der Waals surface area contributed by atoms with Crippen LogP contribution in [-0.2, 0) is 27.2 Å².